The van der Waals surface area contributed by atoms with Crippen LogP contribution >= 0.6 is 15.9 Å². The molecule has 0 saturated carbocycles. The summed E-state index contributed by atoms with van der Waals surface area (Å²) in [7, 11) is 0. The van der Waals surface area contributed by atoms with Gasteiger partial charge in [0.15, 0.2) is 0 Å². The first-order valence-electron chi connectivity index (χ1n) is 6.77. The van der Waals surface area contributed by atoms with Gasteiger partial charge in [-0.05, 0) is 43.9 Å². The van der Waals surface area contributed by atoms with Crippen LogP contribution in [0, 0.1) is 5.92 Å². The molecule has 19 heavy (non-hydrogen) atoms. The molecule has 104 valence electrons. The second-order valence-electron chi connectivity index (χ2n) is 5.13. The molecule has 1 unspecified atom stereocenters. The summed E-state index contributed by atoms with van der Waals surface area (Å²) in [6, 6.07) is 8.39. The van der Waals surface area contributed by atoms with Gasteiger partial charge in [-0.2, -0.15) is 0 Å². The molecule has 1 amide bonds. The number of hydrogen-bond acceptors (Lipinski definition) is 2. The molecule has 0 aliphatic carbocycles. The van der Waals surface area contributed by atoms with Crippen molar-refractivity contribution >= 4 is 21.8 Å². The monoisotopic (exact) mass is 325 g/mol. The van der Waals surface area contributed by atoms with Crippen LogP contribution in [-0.2, 0) is 16.0 Å². The molecule has 4 heteroatoms. The average molecular weight is 326 g/mol. The van der Waals surface area contributed by atoms with E-state index in [1.165, 1.54) is 5.56 Å². The number of ether oxygens (including phenoxy) is 1. The molecule has 1 atom stereocenters. The molecule has 1 heterocycles. The number of hydrogen-bond donors (Lipinski definition) is 1. The standard InChI is InChI=1S/C15H20BrNO2/c1-11(10-12-2-4-14(16)5-3-12)17-15(18)13-6-8-19-9-7-13/h2-5,11,13H,6-10H2,1H3,(H,17,18). The van der Waals surface area contributed by atoms with Crippen LogP contribution in [0.15, 0.2) is 28.7 Å². The highest BCUT2D eigenvalue weighted by Gasteiger charge is 2.22. The largest absolute Gasteiger partial charge is 0.381 e. The maximum atomic E-state index is 12.1. The van der Waals surface area contributed by atoms with E-state index in [-0.39, 0.29) is 17.9 Å². The number of amides is 1. The van der Waals surface area contributed by atoms with E-state index in [9.17, 15) is 4.79 Å². The van der Waals surface area contributed by atoms with Crippen molar-refractivity contribution in [3.8, 4) is 0 Å². The Labute approximate surface area is 122 Å². The number of carbonyl (C=O) groups excluding carboxylic acids is 1. The van der Waals surface area contributed by atoms with Crippen LogP contribution in [-0.4, -0.2) is 25.2 Å². The molecule has 0 radical (unpaired) electrons. The van der Waals surface area contributed by atoms with Gasteiger partial charge >= 0.3 is 0 Å². The van der Waals surface area contributed by atoms with E-state index in [4.69, 9.17) is 4.74 Å². The molecule has 2 rings (SSSR count). The Morgan fingerprint density at radius 3 is 2.63 bits per heavy atom. The molecule has 1 fully saturated rings. The predicted molar refractivity (Wildman–Crippen MR) is 79.0 cm³/mol. The van der Waals surface area contributed by atoms with E-state index in [2.05, 4.69) is 40.3 Å². The predicted octanol–water partition coefficient (Wildman–Crippen LogP) is 2.92. The minimum absolute atomic E-state index is 0.126. The van der Waals surface area contributed by atoms with Gasteiger partial charge in [0.1, 0.15) is 0 Å². The van der Waals surface area contributed by atoms with Crippen molar-refractivity contribution in [1.29, 1.82) is 0 Å². The molecule has 1 aliphatic heterocycles. The number of halogens is 1. The minimum atomic E-state index is 0.126. The highest BCUT2D eigenvalue weighted by atomic mass is 79.9. The van der Waals surface area contributed by atoms with Gasteiger partial charge in [0.2, 0.25) is 5.91 Å². The number of benzene rings is 1. The Bertz CT molecular complexity index is 413. The molecule has 0 aromatic heterocycles. The van der Waals surface area contributed by atoms with Crippen molar-refractivity contribution in [3.63, 3.8) is 0 Å². The van der Waals surface area contributed by atoms with Crippen LogP contribution < -0.4 is 5.32 Å². The fraction of sp³-hybridized carbons (Fsp3) is 0.533. The average Bonchev–Trinajstić information content (AvgIpc) is 2.42. The van der Waals surface area contributed by atoms with Crippen molar-refractivity contribution in [1.82, 2.24) is 5.32 Å². The van der Waals surface area contributed by atoms with E-state index in [0.29, 0.717) is 13.2 Å². The third kappa shape index (κ3) is 4.62. The van der Waals surface area contributed by atoms with Gasteiger partial charge < -0.3 is 10.1 Å². The summed E-state index contributed by atoms with van der Waals surface area (Å²) in [6.45, 7) is 3.47. The van der Waals surface area contributed by atoms with E-state index >= 15 is 0 Å². The molecule has 3 nitrogen and oxygen atoms in total. The highest BCUT2D eigenvalue weighted by molar-refractivity contribution is 9.10. The molecule has 1 saturated heterocycles. The molecule has 1 aromatic rings. The number of carbonyl (C=O) groups is 1. The molecular weight excluding hydrogens is 306 g/mol. The maximum absolute atomic E-state index is 12.1. The summed E-state index contributed by atoms with van der Waals surface area (Å²) in [5, 5.41) is 3.11. The smallest absolute Gasteiger partial charge is 0.223 e. The quantitative estimate of drug-likeness (QED) is 0.924. The lowest BCUT2D eigenvalue weighted by Gasteiger charge is -2.23. The Morgan fingerprint density at radius 1 is 1.37 bits per heavy atom. The fourth-order valence-corrected chi connectivity index (χ4v) is 2.61. The fourth-order valence-electron chi connectivity index (χ4n) is 2.35. The van der Waals surface area contributed by atoms with Gasteiger partial charge in [-0.25, -0.2) is 0 Å². The van der Waals surface area contributed by atoms with E-state index < -0.39 is 0 Å². The lowest BCUT2D eigenvalue weighted by Crippen LogP contribution is -2.40. The van der Waals surface area contributed by atoms with E-state index in [0.717, 1.165) is 23.7 Å². The topological polar surface area (TPSA) is 38.3 Å². The van der Waals surface area contributed by atoms with Crippen LogP contribution in [0.4, 0.5) is 0 Å². The maximum Gasteiger partial charge on any atom is 0.223 e. The summed E-state index contributed by atoms with van der Waals surface area (Å²) in [6.07, 6.45) is 2.55. The highest BCUT2D eigenvalue weighted by Crippen LogP contribution is 2.16. The first-order chi connectivity index (χ1) is 9.15. The van der Waals surface area contributed by atoms with Crippen molar-refractivity contribution in [2.24, 2.45) is 5.92 Å². The van der Waals surface area contributed by atoms with Gasteiger partial charge in [-0.15, -0.1) is 0 Å². The van der Waals surface area contributed by atoms with Crippen LogP contribution in [0.2, 0.25) is 0 Å². The van der Waals surface area contributed by atoms with E-state index in [1.807, 2.05) is 12.1 Å². The summed E-state index contributed by atoms with van der Waals surface area (Å²) in [4.78, 5) is 12.1. The van der Waals surface area contributed by atoms with Gasteiger partial charge in [0, 0.05) is 29.6 Å². The third-order valence-corrected chi connectivity index (χ3v) is 3.96. The lowest BCUT2D eigenvalue weighted by atomic mass is 9.98. The van der Waals surface area contributed by atoms with Gasteiger partial charge in [0.25, 0.3) is 0 Å². The van der Waals surface area contributed by atoms with Crippen molar-refractivity contribution in [2.45, 2.75) is 32.2 Å². The van der Waals surface area contributed by atoms with Crippen LogP contribution in [0.3, 0.4) is 0 Å². The molecule has 0 bridgehead atoms. The summed E-state index contributed by atoms with van der Waals surface area (Å²) in [5.41, 5.74) is 1.24. The third-order valence-electron chi connectivity index (χ3n) is 3.44. The molecular formula is C15H20BrNO2. The Kier molecular flexibility index (Phi) is 5.40. The first-order valence-corrected chi connectivity index (χ1v) is 7.57. The number of rotatable bonds is 4. The van der Waals surface area contributed by atoms with Crippen LogP contribution in [0.5, 0.6) is 0 Å². The Hall–Kier alpha value is -0.870. The second kappa shape index (κ2) is 7.06. The zero-order valence-corrected chi connectivity index (χ0v) is 12.8. The Balaban J connectivity index is 1.81. The van der Waals surface area contributed by atoms with Crippen molar-refractivity contribution in [3.05, 3.63) is 34.3 Å². The normalized spacial score (nSPS) is 18.0. The first kappa shape index (κ1) is 14.5. The summed E-state index contributed by atoms with van der Waals surface area (Å²) in [5.74, 6) is 0.300. The van der Waals surface area contributed by atoms with E-state index in [1.54, 1.807) is 0 Å². The summed E-state index contributed by atoms with van der Waals surface area (Å²) >= 11 is 3.42. The SMILES string of the molecule is CC(Cc1ccc(Br)cc1)NC(=O)C1CCOCC1. The van der Waals surface area contributed by atoms with Gasteiger partial charge in [-0.3, -0.25) is 4.79 Å². The zero-order valence-electron chi connectivity index (χ0n) is 11.2. The van der Waals surface area contributed by atoms with Crippen LogP contribution in [0.25, 0.3) is 0 Å². The molecule has 1 aromatic carbocycles. The minimum Gasteiger partial charge on any atom is -0.381 e. The Morgan fingerprint density at radius 2 is 2.00 bits per heavy atom. The summed E-state index contributed by atoms with van der Waals surface area (Å²) < 4.78 is 6.36. The number of nitrogens with one attached hydrogen (secondary N) is 1. The van der Waals surface area contributed by atoms with Gasteiger partial charge in [0.05, 0.1) is 0 Å². The van der Waals surface area contributed by atoms with Gasteiger partial charge in [-0.1, -0.05) is 28.1 Å². The van der Waals surface area contributed by atoms with Crippen molar-refractivity contribution in [2.75, 3.05) is 13.2 Å². The molecule has 0 spiro atoms. The lowest BCUT2D eigenvalue weighted by molar-refractivity contribution is -0.128. The second-order valence-corrected chi connectivity index (χ2v) is 6.04. The molecule has 1 N–H and O–H groups in total. The molecule has 1 aliphatic rings. The van der Waals surface area contributed by atoms with Crippen LogP contribution in [0.1, 0.15) is 25.3 Å². The van der Waals surface area contributed by atoms with Crippen molar-refractivity contribution < 1.29 is 9.53 Å². The zero-order chi connectivity index (χ0) is 13.7.